The van der Waals surface area contributed by atoms with Gasteiger partial charge in [0.25, 0.3) is 0 Å². The van der Waals surface area contributed by atoms with Gasteiger partial charge in [-0.1, -0.05) is 30.3 Å². The zero-order valence-corrected chi connectivity index (χ0v) is 18.4. The molecule has 1 aliphatic carbocycles. The highest BCUT2D eigenvalue weighted by molar-refractivity contribution is 5.87. The Hall–Kier alpha value is -3.02. The van der Waals surface area contributed by atoms with Gasteiger partial charge in [0.15, 0.2) is 0 Å². The number of nitrogens with zero attached hydrogens (tertiary/aromatic N) is 1. The summed E-state index contributed by atoms with van der Waals surface area (Å²) in [5.41, 5.74) is 0.514. The first kappa shape index (κ1) is 22.7. The monoisotopic (exact) mass is 425 g/mol. The Labute approximate surface area is 183 Å². The maximum atomic E-state index is 13.0. The molecular formula is C25H31NO5. The summed E-state index contributed by atoms with van der Waals surface area (Å²) >= 11 is 0. The number of carbonyl (C=O) groups excluding carboxylic acids is 1. The van der Waals surface area contributed by atoms with Crippen molar-refractivity contribution < 1.29 is 24.2 Å². The summed E-state index contributed by atoms with van der Waals surface area (Å²) in [4.78, 5) is 25.9. The van der Waals surface area contributed by atoms with Crippen molar-refractivity contribution in [3.63, 3.8) is 0 Å². The third-order valence-electron chi connectivity index (χ3n) is 5.31. The third-order valence-corrected chi connectivity index (χ3v) is 5.31. The topological polar surface area (TPSA) is 76.1 Å². The van der Waals surface area contributed by atoms with E-state index in [1.165, 1.54) is 0 Å². The molecule has 3 rings (SSSR count). The van der Waals surface area contributed by atoms with Crippen LogP contribution in [-0.2, 0) is 11.3 Å². The van der Waals surface area contributed by atoms with Gasteiger partial charge < -0.3 is 19.5 Å². The molecule has 0 bridgehead atoms. The summed E-state index contributed by atoms with van der Waals surface area (Å²) < 4.78 is 11.8. The molecule has 0 unspecified atom stereocenters. The molecule has 166 valence electrons. The first-order valence-corrected chi connectivity index (χ1v) is 10.7. The van der Waals surface area contributed by atoms with Crippen molar-refractivity contribution in [2.75, 3.05) is 0 Å². The van der Waals surface area contributed by atoms with Crippen molar-refractivity contribution in [1.82, 2.24) is 4.90 Å². The summed E-state index contributed by atoms with van der Waals surface area (Å²) in [6.07, 6.45) is 3.15. The molecular weight excluding hydrogens is 394 g/mol. The average Bonchev–Trinajstić information content (AvgIpc) is 2.72. The lowest BCUT2D eigenvalue weighted by molar-refractivity contribution is 0.00440. The average molecular weight is 426 g/mol. The van der Waals surface area contributed by atoms with E-state index in [-0.39, 0.29) is 23.8 Å². The van der Waals surface area contributed by atoms with Crippen LogP contribution in [0.4, 0.5) is 4.79 Å². The van der Waals surface area contributed by atoms with Gasteiger partial charge in [0, 0.05) is 12.6 Å². The number of aromatic carboxylic acids is 1. The lowest BCUT2D eigenvalue weighted by atomic mass is 9.91. The second-order valence-electron chi connectivity index (χ2n) is 8.97. The van der Waals surface area contributed by atoms with E-state index >= 15 is 0 Å². The van der Waals surface area contributed by atoms with E-state index in [0.29, 0.717) is 6.54 Å². The smallest absolute Gasteiger partial charge is 0.410 e. The normalized spacial score (nSPS) is 18.8. The fourth-order valence-electron chi connectivity index (χ4n) is 3.78. The Balaban J connectivity index is 1.67. The molecule has 0 radical (unpaired) electrons. The Morgan fingerprint density at radius 2 is 1.58 bits per heavy atom. The van der Waals surface area contributed by atoms with Crippen molar-refractivity contribution in [2.24, 2.45) is 0 Å². The fraction of sp³-hybridized carbons (Fsp3) is 0.440. The van der Waals surface area contributed by atoms with Gasteiger partial charge in [-0.05, 0) is 76.3 Å². The first-order chi connectivity index (χ1) is 14.7. The standard InChI is InChI=1S/C25H31NO5/c1-25(2,3)31-24(29)26(17-18-9-11-19(12-10-18)23(27)28)20-13-15-22(16-14-20)30-21-7-5-4-6-8-21/h4-12,20,22H,13-17H2,1-3H3,(H,27,28)/t20-,22-. The zero-order valence-electron chi connectivity index (χ0n) is 18.4. The van der Waals surface area contributed by atoms with Crippen LogP contribution in [0.1, 0.15) is 62.4 Å². The highest BCUT2D eigenvalue weighted by Gasteiger charge is 2.32. The zero-order chi connectivity index (χ0) is 22.4. The van der Waals surface area contributed by atoms with E-state index in [0.717, 1.165) is 37.0 Å². The van der Waals surface area contributed by atoms with Crippen LogP contribution in [0.25, 0.3) is 0 Å². The molecule has 0 atom stereocenters. The summed E-state index contributed by atoms with van der Waals surface area (Å²) in [6.45, 7) is 5.95. The van der Waals surface area contributed by atoms with Crippen LogP contribution < -0.4 is 4.74 Å². The minimum Gasteiger partial charge on any atom is -0.490 e. The molecule has 1 fully saturated rings. The molecule has 0 aromatic heterocycles. The van der Waals surface area contributed by atoms with Crippen LogP contribution in [0.2, 0.25) is 0 Å². The maximum Gasteiger partial charge on any atom is 0.410 e. The predicted molar refractivity (Wildman–Crippen MR) is 118 cm³/mol. The van der Waals surface area contributed by atoms with Gasteiger partial charge in [0.2, 0.25) is 0 Å². The number of para-hydroxylation sites is 1. The second kappa shape index (κ2) is 9.86. The largest absolute Gasteiger partial charge is 0.490 e. The summed E-state index contributed by atoms with van der Waals surface area (Å²) in [7, 11) is 0. The molecule has 0 heterocycles. The van der Waals surface area contributed by atoms with Crippen LogP contribution in [0.3, 0.4) is 0 Å². The molecule has 2 aromatic carbocycles. The van der Waals surface area contributed by atoms with Gasteiger partial charge in [-0.25, -0.2) is 9.59 Å². The van der Waals surface area contributed by atoms with Crippen LogP contribution in [0.15, 0.2) is 54.6 Å². The number of benzene rings is 2. The van der Waals surface area contributed by atoms with Gasteiger partial charge >= 0.3 is 12.1 Å². The number of carboxylic acids is 1. The highest BCUT2D eigenvalue weighted by atomic mass is 16.6. The van der Waals surface area contributed by atoms with Crippen molar-refractivity contribution in [3.8, 4) is 5.75 Å². The van der Waals surface area contributed by atoms with Crippen LogP contribution in [0.5, 0.6) is 5.75 Å². The molecule has 1 saturated carbocycles. The van der Waals surface area contributed by atoms with Gasteiger partial charge in [-0.15, -0.1) is 0 Å². The van der Waals surface area contributed by atoms with Crippen molar-refractivity contribution >= 4 is 12.1 Å². The van der Waals surface area contributed by atoms with E-state index in [4.69, 9.17) is 14.6 Å². The fourth-order valence-corrected chi connectivity index (χ4v) is 3.78. The molecule has 1 aliphatic rings. The maximum absolute atomic E-state index is 13.0. The lowest BCUT2D eigenvalue weighted by Crippen LogP contribution is -2.45. The van der Waals surface area contributed by atoms with Crippen molar-refractivity contribution in [3.05, 3.63) is 65.7 Å². The van der Waals surface area contributed by atoms with E-state index in [1.807, 2.05) is 51.1 Å². The number of carboxylic acid groups (broad SMARTS) is 1. The summed E-state index contributed by atoms with van der Waals surface area (Å²) in [6, 6.07) is 16.5. The number of carbonyl (C=O) groups is 2. The van der Waals surface area contributed by atoms with Gasteiger partial charge in [-0.3, -0.25) is 0 Å². The minimum atomic E-state index is -0.965. The highest BCUT2D eigenvalue weighted by Crippen LogP contribution is 2.29. The number of rotatable bonds is 6. The molecule has 2 aromatic rings. The number of ether oxygens (including phenoxy) is 2. The molecule has 0 saturated heterocycles. The van der Waals surface area contributed by atoms with E-state index in [9.17, 15) is 9.59 Å². The molecule has 0 spiro atoms. The molecule has 0 aliphatic heterocycles. The Kier molecular flexibility index (Phi) is 7.21. The lowest BCUT2D eigenvalue weighted by Gasteiger charge is -2.37. The van der Waals surface area contributed by atoms with Gasteiger partial charge in [0.1, 0.15) is 11.4 Å². The van der Waals surface area contributed by atoms with Crippen LogP contribution in [0, 0.1) is 0 Å². The molecule has 1 amide bonds. The van der Waals surface area contributed by atoms with Crippen LogP contribution >= 0.6 is 0 Å². The van der Waals surface area contributed by atoms with Gasteiger partial charge in [-0.2, -0.15) is 0 Å². The van der Waals surface area contributed by atoms with Crippen LogP contribution in [-0.4, -0.2) is 39.8 Å². The SMILES string of the molecule is CC(C)(C)OC(=O)N(Cc1ccc(C(=O)O)cc1)[C@H]1CC[C@H](Oc2ccccc2)CC1. The second-order valence-corrected chi connectivity index (χ2v) is 8.97. The molecule has 1 N–H and O–H groups in total. The number of amides is 1. The first-order valence-electron chi connectivity index (χ1n) is 10.7. The number of hydrogen-bond donors (Lipinski definition) is 1. The predicted octanol–water partition coefficient (Wildman–Crippen LogP) is 5.51. The van der Waals surface area contributed by atoms with E-state index in [1.54, 1.807) is 29.2 Å². The molecule has 31 heavy (non-hydrogen) atoms. The Bertz CT molecular complexity index is 865. The van der Waals surface area contributed by atoms with Crippen molar-refractivity contribution in [2.45, 2.75) is 70.7 Å². The molecule has 6 heteroatoms. The molecule has 6 nitrogen and oxygen atoms in total. The minimum absolute atomic E-state index is 0.0459. The third kappa shape index (κ3) is 6.74. The summed E-state index contributed by atoms with van der Waals surface area (Å²) in [5.74, 6) is -0.0965. The summed E-state index contributed by atoms with van der Waals surface area (Å²) in [5, 5.41) is 9.11. The van der Waals surface area contributed by atoms with E-state index < -0.39 is 11.6 Å². The van der Waals surface area contributed by atoms with Crippen molar-refractivity contribution in [1.29, 1.82) is 0 Å². The van der Waals surface area contributed by atoms with E-state index in [2.05, 4.69) is 0 Å². The Morgan fingerprint density at radius 1 is 0.968 bits per heavy atom. The Morgan fingerprint density at radius 3 is 2.13 bits per heavy atom. The number of hydrogen-bond acceptors (Lipinski definition) is 4. The quantitative estimate of drug-likeness (QED) is 0.660. The van der Waals surface area contributed by atoms with Gasteiger partial charge in [0.05, 0.1) is 11.7 Å².